The van der Waals surface area contributed by atoms with E-state index in [4.69, 9.17) is 23.1 Å². The molecule has 1 aromatic carbocycles. The number of hydrogen-bond acceptors (Lipinski definition) is 3. The van der Waals surface area contributed by atoms with Crippen molar-refractivity contribution in [1.29, 1.82) is 0 Å². The molecule has 2 amide bonds. The van der Waals surface area contributed by atoms with E-state index in [1.54, 1.807) is 18.2 Å². The Morgan fingerprint density at radius 2 is 2.00 bits per heavy atom. The van der Waals surface area contributed by atoms with Gasteiger partial charge in [0, 0.05) is 11.6 Å². The van der Waals surface area contributed by atoms with Crippen LogP contribution in [0.1, 0.15) is 26.5 Å². The molecule has 19 heavy (non-hydrogen) atoms. The minimum atomic E-state index is -0.793. The van der Waals surface area contributed by atoms with Crippen LogP contribution in [0.15, 0.2) is 30.6 Å². The number of amides is 2. The second kappa shape index (κ2) is 5.11. The Morgan fingerprint density at radius 3 is 2.58 bits per heavy atom. The Hall–Kier alpha value is -2.34. The van der Waals surface area contributed by atoms with E-state index in [1.165, 1.54) is 10.9 Å². The summed E-state index contributed by atoms with van der Waals surface area (Å²) in [4.78, 5) is 26.4. The molecule has 98 valence electrons. The van der Waals surface area contributed by atoms with Gasteiger partial charge >= 0.3 is 0 Å². The van der Waals surface area contributed by atoms with Gasteiger partial charge in [-0.1, -0.05) is 23.7 Å². The smallest absolute Gasteiger partial charge is 0.269 e. The third kappa shape index (κ3) is 2.74. The highest BCUT2D eigenvalue weighted by molar-refractivity contribution is 6.30. The Labute approximate surface area is 114 Å². The number of rotatable bonds is 4. The summed E-state index contributed by atoms with van der Waals surface area (Å²) in [6.45, 7) is 0.319. The average molecular weight is 279 g/mol. The predicted molar refractivity (Wildman–Crippen MR) is 69.8 cm³/mol. The number of nitrogens with zero attached hydrogens (tertiary/aromatic N) is 2. The van der Waals surface area contributed by atoms with Gasteiger partial charge in [0.1, 0.15) is 5.69 Å². The van der Waals surface area contributed by atoms with E-state index in [2.05, 4.69) is 4.98 Å². The molecule has 2 aromatic rings. The van der Waals surface area contributed by atoms with Crippen LogP contribution < -0.4 is 11.5 Å². The minimum Gasteiger partial charge on any atom is -0.364 e. The minimum absolute atomic E-state index is 0.00697. The van der Waals surface area contributed by atoms with Gasteiger partial charge in [-0.3, -0.25) is 9.59 Å². The van der Waals surface area contributed by atoms with Crippen molar-refractivity contribution in [2.75, 3.05) is 0 Å². The zero-order valence-corrected chi connectivity index (χ0v) is 10.6. The number of hydrogen-bond donors (Lipinski definition) is 2. The van der Waals surface area contributed by atoms with Crippen LogP contribution >= 0.6 is 11.6 Å². The third-order valence-electron chi connectivity index (χ3n) is 2.55. The van der Waals surface area contributed by atoms with Gasteiger partial charge < -0.3 is 16.0 Å². The predicted octanol–water partition coefficient (Wildman–Crippen LogP) is 0.783. The van der Waals surface area contributed by atoms with E-state index in [1.807, 2.05) is 6.07 Å². The first-order valence-corrected chi connectivity index (χ1v) is 5.76. The van der Waals surface area contributed by atoms with Gasteiger partial charge in [0.05, 0.1) is 6.33 Å². The summed E-state index contributed by atoms with van der Waals surface area (Å²) in [5.74, 6) is -1.55. The molecule has 0 saturated heterocycles. The molecule has 6 nitrogen and oxygen atoms in total. The van der Waals surface area contributed by atoms with Crippen LogP contribution in [0.3, 0.4) is 0 Å². The van der Waals surface area contributed by atoms with Gasteiger partial charge in [-0.15, -0.1) is 0 Å². The molecule has 4 N–H and O–H groups in total. The summed E-state index contributed by atoms with van der Waals surface area (Å²) in [7, 11) is 0. The van der Waals surface area contributed by atoms with E-state index < -0.39 is 11.8 Å². The fourth-order valence-corrected chi connectivity index (χ4v) is 1.99. The highest BCUT2D eigenvalue weighted by Gasteiger charge is 2.20. The van der Waals surface area contributed by atoms with Gasteiger partial charge in [0.2, 0.25) is 0 Å². The number of benzene rings is 1. The zero-order valence-electron chi connectivity index (χ0n) is 9.84. The topological polar surface area (TPSA) is 104 Å². The normalized spacial score (nSPS) is 10.4. The molecule has 0 atom stereocenters. The first kappa shape index (κ1) is 13.1. The Balaban J connectivity index is 2.41. The van der Waals surface area contributed by atoms with Crippen LogP contribution in [-0.2, 0) is 6.54 Å². The highest BCUT2D eigenvalue weighted by atomic mass is 35.5. The van der Waals surface area contributed by atoms with Crippen molar-refractivity contribution in [3.63, 3.8) is 0 Å². The monoisotopic (exact) mass is 278 g/mol. The number of nitrogens with two attached hydrogens (primary N) is 2. The first-order chi connectivity index (χ1) is 8.99. The maximum absolute atomic E-state index is 11.4. The van der Waals surface area contributed by atoms with Gasteiger partial charge in [0.15, 0.2) is 5.69 Å². The van der Waals surface area contributed by atoms with Crippen LogP contribution in [0.5, 0.6) is 0 Å². The van der Waals surface area contributed by atoms with E-state index in [0.717, 1.165) is 5.56 Å². The molecular formula is C12H11ClN4O2. The molecule has 2 rings (SSSR count). The van der Waals surface area contributed by atoms with Gasteiger partial charge in [-0.05, 0) is 17.7 Å². The molecular weight excluding hydrogens is 268 g/mol. The van der Waals surface area contributed by atoms with Crippen molar-refractivity contribution >= 4 is 23.4 Å². The standard InChI is InChI=1S/C12H11ClN4O2/c13-8-3-1-2-7(4-8)5-17-6-16-9(11(14)18)10(17)12(15)19/h1-4,6H,5H2,(H2,14,18)(H2,15,19). The maximum Gasteiger partial charge on any atom is 0.269 e. The molecule has 1 aromatic heterocycles. The van der Waals surface area contributed by atoms with Gasteiger partial charge in [0.25, 0.3) is 11.8 Å². The molecule has 0 fully saturated rings. The van der Waals surface area contributed by atoms with E-state index >= 15 is 0 Å². The fraction of sp³-hybridized carbons (Fsp3) is 0.0833. The van der Waals surface area contributed by atoms with Crippen molar-refractivity contribution in [3.05, 3.63) is 52.6 Å². The third-order valence-corrected chi connectivity index (χ3v) is 2.78. The SMILES string of the molecule is NC(=O)c1ncn(Cc2cccc(Cl)c2)c1C(N)=O. The van der Waals surface area contributed by atoms with Crippen molar-refractivity contribution < 1.29 is 9.59 Å². The molecule has 1 heterocycles. The van der Waals surface area contributed by atoms with E-state index in [9.17, 15) is 9.59 Å². The van der Waals surface area contributed by atoms with Crippen molar-refractivity contribution in [1.82, 2.24) is 9.55 Å². The first-order valence-electron chi connectivity index (χ1n) is 5.38. The average Bonchev–Trinajstić information content (AvgIpc) is 2.73. The van der Waals surface area contributed by atoms with Crippen molar-refractivity contribution in [3.8, 4) is 0 Å². The van der Waals surface area contributed by atoms with Crippen LogP contribution in [0.4, 0.5) is 0 Å². The molecule has 0 aliphatic carbocycles. The molecule has 7 heteroatoms. The Kier molecular flexibility index (Phi) is 3.52. The Bertz CT molecular complexity index is 651. The largest absolute Gasteiger partial charge is 0.364 e. The zero-order chi connectivity index (χ0) is 14.0. The van der Waals surface area contributed by atoms with Gasteiger partial charge in [-0.2, -0.15) is 0 Å². The summed E-state index contributed by atoms with van der Waals surface area (Å²) in [5, 5.41) is 0.577. The van der Waals surface area contributed by atoms with E-state index in [-0.39, 0.29) is 11.4 Å². The fourth-order valence-electron chi connectivity index (χ4n) is 1.77. The van der Waals surface area contributed by atoms with Crippen LogP contribution in [0, 0.1) is 0 Å². The van der Waals surface area contributed by atoms with Crippen LogP contribution in [0.25, 0.3) is 0 Å². The summed E-state index contributed by atoms with van der Waals surface area (Å²) in [6.07, 6.45) is 1.35. The molecule has 0 bridgehead atoms. The molecule has 0 radical (unpaired) electrons. The maximum atomic E-state index is 11.4. The number of aromatic nitrogens is 2. The van der Waals surface area contributed by atoms with Gasteiger partial charge in [-0.25, -0.2) is 4.98 Å². The summed E-state index contributed by atoms with van der Waals surface area (Å²) in [6, 6.07) is 7.10. The summed E-state index contributed by atoms with van der Waals surface area (Å²) in [5.41, 5.74) is 11.1. The summed E-state index contributed by atoms with van der Waals surface area (Å²) >= 11 is 5.88. The number of halogens is 1. The number of carbonyl (C=O) groups is 2. The van der Waals surface area contributed by atoms with Crippen LogP contribution in [0.2, 0.25) is 5.02 Å². The number of primary amides is 2. The molecule has 0 spiro atoms. The molecule has 0 unspecified atom stereocenters. The number of imidazole rings is 1. The van der Waals surface area contributed by atoms with Crippen molar-refractivity contribution in [2.24, 2.45) is 11.5 Å². The van der Waals surface area contributed by atoms with Crippen molar-refractivity contribution in [2.45, 2.75) is 6.54 Å². The lowest BCUT2D eigenvalue weighted by atomic mass is 10.2. The second-order valence-electron chi connectivity index (χ2n) is 3.93. The van der Waals surface area contributed by atoms with E-state index in [0.29, 0.717) is 11.6 Å². The molecule has 0 aliphatic rings. The lowest BCUT2D eigenvalue weighted by Crippen LogP contribution is -2.23. The molecule has 0 aliphatic heterocycles. The lowest BCUT2D eigenvalue weighted by molar-refractivity contribution is 0.0959. The highest BCUT2D eigenvalue weighted by Crippen LogP contribution is 2.14. The summed E-state index contributed by atoms with van der Waals surface area (Å²) < 4.78 is 1.47. The Morgan fingerprint density at radius 1 is 1.26 bits per heavy atom. The van der Waals surface area contributed by atoms with Crippen LogP contribution in [-0.4, -0.2) is 21.4 Å². The lowest BCUT2D eigenvalue weighted by Gasteiger charge is -2.07. The second-order valence-corrected chi connectivity index (χ2v) is 4.36. The quantitative estimate of drug-likeness (QED) is 0.863. The molecule has 0 saturated carbocycles. The number of carbonyl (C=O) groups excluding carboxylic acids is 2.